The molecule has 2 rings (SSSR count). The lowest BCUT2D eigenvalue weighted by molar-refractivity contribution is -0.129. The largest absolute Gasteiger partial charge is 0.497 e. The normalized spacial score (nSPS) is 10.4. The minimum atomic E-state index is 0.0240. The molecular weight excluding hydrogens is 358 g/mol. The maximum Gasteiger partial charge on any atom is 0.233 e. The third kappa shape index (κ3) is 5.08. The van der Waals surface area contributed by atoms with E-state index in [1.165, 1.54) is 0 Å². The highest BCUT2D eigenvalue weighted by atomic mass is 79.9. The summed E-state index contributed by atoms with van der Waals surface area (Å²) in [6, 6.07) is 15.3. The van der Waals surface area contributed by atoms with Crippen molar-refractivity contribution < 1.29 is 14.6 Å². The first-order valence-electron chi connectivity index (χ1n) is 7.31. The van der Waals surface area contributed by atoms with E-state index in [1.54, 1.807) is 12.0 Å². The summed E-state index contributed by atoms with van der Waals surface area (Å²) in [4.78, 5) is 14.0. The van der Waals surface area contributed by atoms with Crippen LogP contribution in [0.25, 0.3) is 0 Å². The van der Waals surface area contributed by atoms with Crippen LogP contribution < -0.4 is 4.74 Å². The van der Waals surface area contributed by atoms with Gasteiger partial charge in [-0.1, -0.05) is 52.3 Å². The molecule has 0 unspecified atom stereocenters. The quantitative estimate of drug-likeness (QED) is 0.754. The number of ether oxygens (including phenoxy) is 1. The number of amides is 1. The van der Waals surface area contributed by atoms with E-state index in [9.17, 15) is 4.79 Å². The van der Waals surface area contributed by atoms with Crippen molar-refractivity contribution in [2.75, 3.05) is 12.4 Å². The highest BCUT2D eigenvalue weighted by Gasteiger charge is 2.13. The SMILES string of the molecule is COc1ccc(CN(Cc2ccc(CO)cc2)C(=O)CBr)cc1. The van der Waals surface area contributed by atoms with Crippen LogP contribution in [0.2, 0.25) is 0 Å². The number of alkyl halides is 1. The number of carbonyl (C=O) groups is 1. The fraction of sp³-hybridized carbons (Fsp3) is 0.278. The van der Waals surface area contributed by atoms with Gasteiger partial charge in [-0.05, 0) is 28.8 Å². The number of nitrogens with zero attached hydrogens (tertiary/aromatic N) is 1. The number of aliphatic hydroxyl groups excluding tert-OH is 1. The Hall–Kier alpha value is -1.85. The summed E-state index contributed by atoms with van der Waals surface area (Å²) in [6.45, 7) is 1.09. The van der Waals surface area contributed by atoms with Gasteiger partial charge in [0.15, 0.2) is 0 Å². The third-order valence-corrected chi connectivity index (χ3v) is 4.06. The number of methoxy groups -OCH3 is 1. The smallest absolute Gasteiger partial charge is 0.233 e. The summed E-state index contributed by atoms with van der Waals surface area (Å²) in [5, 5.41) is 9.38. The Kier molecular flexibility index (Phi) is 6.62. The molecule has 0 bridgehead atoms. The first kappa shape index (κ1) is 17.5. The van der Waals surface area contributed by atoms with Crippen molar-refractivity contribution in [1.29, 1.82) is 0 Å². The van der Waals surface area contributed by atoms with E-state index in [1.807, 2.05) is 48.5 Å². The third-order valence-electron chi connectivity index (χ3n) is 3.58. The van der Waals surface area contributed by atoms with Gasteiger partial charge in [-0.3, -0.25) is 4.79 Å². The van der Waals surface area contributed by atoms with Crippen LogP contribution in [-0.2, 0) is 24.5 Å². The molecule has 0 saturated carbocycles. The Morgan fingerprint density at radius 1 is 1.00 bits per heavy atom. The van der Waals surface area contributed by atoms with E-state index < -0.39 is 0 Å². The second kappa shape index (κ2) is 8.70. The molecule has 1 amide bonds. The Bertz CT molecular complexity index is 576. The van der Waals surface area contributed by atoms with E-state index in [4.69, 9.17) is 9.84 Å². The van der Waals surface area contributed by atoms with Crippen molar-refractivity contribution in [3.63, 3.8) is 0 Å². The average molecular weight is 378 g/mol. The zero-order chi connectivity index (χ0) is 16.7. The fourth-order valence-electron chi connectivity index (χ4n) is 2.24. The second-order valence-electron chi connectivity index (χ2n) is 5.21. The van der Waals surface area contributed by atoms with E-state index >= 15 is 0 Å². The monoisotopic (exact) mass is 377 g/mol. The van der Waals surface area contributed by atoms with E-state index in [0.717, 1.165) is 22.4 Å². The van der Waals surface area contributed by atoms with Crippen molar-refractivity contribution in [3.05, 3.63) is 65.2 Å². The van der Waals surface area contributed by atoms with Crippen LogP contribution in [0.15, 0.2) is 48.5 Å². The van der Waals surface area contributed by atoms with E-state index in [2.05, 4.69) is 15.9 Å². The molecule has 2 aromatic carbocycles. The lowest BCUT2D eigenvalue weighted by atomic mass is 10.1. The van der Waals surface area contributed by atoms with Crippen LogP contribution in [0.4, 0.5) is 0 Å². The Morgan fingerprint density at radius 3 is 1.91 bits per heavy atom. The first-order valence-corrected chi connectivity index (χ1v) is 8.43. The maximum atomic E-state index is 12.2. The molecule has 4 nitrogen and oxygen atoms in total. The number of hydrogen-bond donors (Lipinski definition) is 1. The van der Waals surface area contributed by atoms with Crippen LogP contribution in [-0.4, -0.2) is 28.4 Å². The van der Waals surface area contributed by atoms with Gasteiger partial charge in [0, 0.05) is 13.1 Å². The Balaban J connectivity index is 2.10. The zero-order valence-electron chi connectivity index (χ0n) is 13.0. The average Bonchev–Trinajstić information content (AvgIpc) is 2.61. The number of aliphatic hydroxyl groups is 1. The molecule has 0 aliphatic heterocycles. The van der Waals surface area contributed by atoms with Crippen LogP contribution in [0, 0.1) is 0 Å². The van der Waals surface area contributed by atoms with Crippen LogP contribution in [0.1, 0.15) is 16.7 Å². The standard InChI is InChI=1S/C18H20BrNO3/c1-23-17-8-6-15(7-9-17)12-20(18(22)10-19)11-14-2-4-16(13-21)5-3-14/h2-9,21H,10-13H2,1H3. The van der Waals surface area contributed by atoms with Crippen molar-refractivity contribution in [2.45, 2.75) is 19.7 Å². The summed E-state index contributed by atoms with van der Waals surface area (Å²) < 4.78 is 5.15. The molecule has 1 N–H and O–H groups in total. The molecule has 0 aromatic heterocycles. The van der Waals surface area contributed by atoms with Crippen molar-refractivity contribution in [1.82, 2.24) is 4.90 Å². The maximum absolute atomic E-state index is 12.2. The lowest BCUT2D eigenvalue weighted by Crippen LogP contribution is -2.30. The molecule has 0 aliphatic carbocycles. The number of hydrogen-bond acceptors (Lipinski definition) is 3. The molecule has 0 heterocycles. The van der Waals surface area contributed by atoms with Gasteiger partial charge in [0.25, 0.3) is 0 Å². The molecule has 2 aromatic rings. The van der Waals surface area contributed by atoms with Crippen molar-refractivity contribution in [3.8, 4) is 5.75 Å². The van der Waals surface area contributed by atoms with Crippen LogP contribution in [0.5, 0.6) is 5.75 Å². The van der Waals surface area contributed by atoms with Gasteiger partial charge in [0.05, 0.1) is 19.0 Å². The van der Waals surface area contributed by atoms with Crippen LogP contribution >= 0.6 is 15.9 Å². The summed E-state index contributed by atoms with van der Waals surface area (Å²) in [6.07, 6.45) is 0. The van der Waals surface area contributed by atoms with Crippen molar-refractivity contribution >= 4 is 21.8 Å². The predicted molar refractivity (Wildman–Crippen MR) is 93.4 cm³/mol. The second-order valence-corrected chi connectivity index (χ2v) is 5.77. The summed E-state index contributed by atoms with van der Waals surface area (Å²) in [5.41, 5.74) is 2.94. The van der Waals surface area contributed by atoms with Gasteiger partial charge in [0.1, 0.15) is 5.75 Å². The Labute approximate surface area is 144 Å². The molecule has 0 saturated heterocycles. The highest BCUT2D eigenvalue weighted by Crippen LogP contribution is 2.16. The summed E-state index contributed by atoms with van der Waals surface area (Å²) in [5.74, 6) is 0.832. The van der Waals surface area contributed by atoms with Gasteiger partial charge in [-0.2, -0.15) is 0 Å². The van der Waals surface area contributed by atoms with Crippen molar-refractivity contribution in [2.24, 2.45) is 0 Å². The van der Waals surface area contributed by atoms with Gasteiger partial charge >= 0.3 is 0 Å². The van der Waals surface area contributed by atoms with E-state index in [0.29, 0.717) is 13.1 Å². The topological polar surface area (TPSA) is 49.8 Å². The predicted octanol–water partition coefficient (Wildman–Crippen LogP) is 3.11. The van der Waals surface area contributed by atoms with Crippen LogP contribution in [0.3, 0.4) is 0 Å². The molecule has 0 radical (unpaired) electrons. The highest BCUT2D eigenvalue weighted by molar-refractivity contribution is 9.09. The fourth-order valence-corrected chi connectivity index (χ4v) is 2.59. The molecule has 5 heteroatoms. The molecular formula is C18H20BrNO3. The van der Waals surface area contributed by atoms with Gasteiger partial charge in [-0.15, -0.1) is 0 Å². The molecule has 23 heavy (non-hydrogen) atoms. The Morgan fingerprint density at radius 2 is 1.48 bits per heavy atom. The minimum Gasteiger partial charge on any atom is -0.497 e. The minimum absolute atomic E-state index is 0.0240. The number of rotatable bonds is 7. The first-order chi connectivity index (χ1) is 11.2. The molecule has 0 fully saturated rings. The summed E-state index contributed by atoms with van der Waals surface area (Å²) in [7, 11) is 1.63. The number of halogens is 1. The lowest BCUT2D eigenvalue weighted by Gasteiger charge is -2.22. The number of benzene rings is 2. The molecule has 0 atom stereocenters. The van der Waals surface area contributed by atoms with Gasteiger partial charge in [0.2, 0.25) is 5.91 Å². The molecule has 122 valence electrons. The molecule has 0 aliphatic rings. The number of carbonyl (C=O) groups excluding carboxylic acids is 1. The molecule has 0 spiro atoms. The van der Waals surface area contributed by atoms with Gasteiger partial charge < -0.3 is 14.7 Å². The van der Waals surface area contributed by atoms with Gasteiger partial charge in [-0.25, -0.2) is 0 Å². The zero-order valence-corrected chi connectivity index (χ0v) is 14.6. The van der Waals surface area contributed by atoms with E-state index in [-0.39, 0.29) is 17.8 Å². The summed E-state index contributed by atoms with van der Waals surface area (Å²) >= 11 is 3.24.